The fourth-order valence-corrected chi connectivity index (χ4v) is 3.06. The number of alkyl halides is 3. The van der Waals surface area contributed by atoms with Crippen LogP contribution in [0.1, 0.15) is 32.8 Å². The molecule has 1 aromatic carbocycles. The first kappa shape index (κ1) is 18.9. The molecule has 0 unspecified atom stereocenters. The van der Waals surface area contributed by atoms with Crippen molar-refractivity contribution in [1.82, 2.24) is 14.8 Å². The lowest BCUT2D eigenvalue weighted by Crippen LogP contribution is -2.38. The molecule has 8 heteroatoms. The molecule has 2 aromatic rings. The molecule has 0 saturated carbocycles. The minimum Gasteiger partial charge on any atom is -0.337 e. The molecule has 0 N–H and O–H groups in total. The Bertz CT molecular complexity index is 824. The van der Waals surface area contributed by atoms with Crippen LogP contribution in [0.25, 0.3) is 0 Å². The molecular weight excluding hydrogens is 359 g/mol. The maximum Gasteiger partial charge on any atom is 0.417 e. The van der Waals surface area contributed by atoms with Crippen LogP contribution in [-0.4, -0.2) is 52.8 Å². The van der Waals surface area contributed by atoms with Gasteiger partial charge in [-0.15, -0.1) is 0 Å². The second kappa shape index (κ2) is 7.77. The number of hydrogen-bond donors (Lipinski definition) is 0. The fraction of sp³-hybridized carbons (Fsp3) is 0.316. The Labute approximate surface area is 154 Å². The van der Waals surface area contributed by atoms with Crippen molar-refractivity contribution in [3.8, 4) is 0 Å². The summed E-state index contributed by atoms with van der Waals surface area (Å²) in [6, 6.07) is 9.79. The lowest BCUT2D eigenvalue weighted by atomic mass is 10.1. The van der Waals surface area contributed by atoms with Gasteiger partial charge in [0, 0.05) is 32.4 Å². The standard InChI is InChI=1S/C19H18F3N3O2/c20-19(21,22)15-7-2-1-6-14(15)17(26)24-10-5-11-25(13-12-24)18(27)16-8-3-4-9-23-16/h1-4,6-9H,5,10-13H2. The van der Waals surface area contributed by atoms with Crippen molar-refractivity contribution < 1.29 is 22.8 Å². The molecular formula is C19H18F3N3O2. The summed E-state index contributed by atoms with van der Waals surface area (Å²) in [5, 5.41) is 0. The number of halogens is 3. The van der Waals surface area contributed by atoms with Gasteiger partial charge in [0.1, 0.15) is 5.69 Å². The van der Waals surface area contributed by atoms with E-state index in [-0.39, 0.29) is 31.1 Å². The van der Waals surface area contributed by atoms with Crippen LogP contribution in [0.5, 0.6) is 0 Å². The first-order chi connectivity index (χ1) is 12.9. The van der Waals surface area contributed by atoms with E-state index in [1.807, 2.05) is 0 Å². The van der Waals surface area contributed by atoms with Gasteiger partial charge in [0.15, 0.2) is 0 Å². The molecule has 27 heavy (non-hydrogen) atoms. The lowest BCUT2D eigenvalue weighted by molar-refractivity contribution is -0.138. The highest BCUT2D eigenvalue weighted by Gasteiger charge is 2.36. The number of benzene rings is 1. The molecule has 1 fully saturated rings. The van der Waals surface area contributed by atoms with E-state index in [1.54, 1.807) is 23.1 Å². The van der Waals surface area contributed by atoms with Gasteiger partial charge in [-0.05, 0) is 30.7 Å². The van der Waals surface area contributed by atoms with Crippen molar-refractivity contribution >= 4 is 11.8 Å². The molecule has 0 bridgehead atoms. The summed E-state index contributed by atoms with van der Waals surface area (Å²) < 4.78 is 39.5. The molecule has 2 heterocycles. The monoisotopic (exact) mass is 377 g/mol. The Hall–Kier alpha value is -2.90. The van der Waals surface area contributed by atoms with Gasteiger partial charge < -0.3 is 9.80 Å². The van der Waals surface area contributed by atoms with Gasteiger partial charge in [0.05, 0.1) is 11.1 Å². The van der Waals surface area contributed by atoms with Gasteiger partial charge >= 0.3 is 6.18 Å². The Morgan fingerprint density at radius 2 is 1.48 bits per heavy atom. The van der Waals surface area contributed by atoms with Crippen LogP contribution in [0.4, 0.5) is 13.2 Å². The first-order valence-electron chi connectivity index (χ1n) is 8.54. The van der Waals surface area contributed by atoms with Crippen molar-refractivity contribution in [1.29, 1.82) is 0 Å². The molecule has 0 spiro atoms. The summed E-state index contributed by atoms with van der Waals surface area (Å²) in [6.07, 6.45) is -2.59. The van der Waals surface area contributed by atoms with E-state index in [1.165, 1.54) is 29.3 Å². The van der Waals surface area contributed by atoms with Crippen LogP contribution in [-0.2, 0) is 6.18 Å². The van der Waals surface area contributed by atoms with Crippen molar-refractivity contribution in [3.63, 3.8) is 0 Å². The highest BCUT2D eigenvalue weighted by molar-refractivity contribution is 5.96. The highest BCUT2D eigenvalue weighted by atomic mass is 19.4. The Kier molecular flexibility index (Phi) is 5.43. The van der Waals surface area contributed by atoms with Crippen molar-refractivity contribution in [3.05, 3.63) is 65.5 Å². The maximum atomic E-state index is 13.2. The molecule has 3 rings (SSSR count). The second-order valence-electron chi connectivity index (χ2n) is 6.20. The van der Waals surface area contributed by atoms with Gasteiger partial charge in [-0.25, -0.2) is 0 Å². The van der Waals surface area contributed by atoms with Crippen molar-refractivity contribution in [2.45, 2.75) is 12.6 Å². The van der Waals surface area contributed by atoms with Crippen LogP contribution in [0.2, 0.25) is 0 Å². The minimum absolute atomic E-state index is 0.170. The van der Waals surface area contributed by atoms with Crippen LogP contribution < -0.4 is 0 Å². The summed E-state index contributed by atoms with van der Waals surface area (Å²) in [5.74, 6) is -0.921. The fourth-order valence-electron chi connectivity index (χ4n) is 3.06. The largest absolute Gasteiger partial charge is 0.417 e. The quantitative estimate of drug-likeness (QED) is 0.808. The average Bonchev–Trinajstić information content (AvgIpc) is 2.93. The lowest BCUT2D eigenvalue weighted by Gasteiger charge is -2.23. The zero-order chi connectivity index (χ0) is 19.4. The van der Waals surface area contributed by atoms with E-state index in [0.717, 1.165) is 6.07 Å². The smallest absolute Gasteiger partial charge is 0.337 e. The predicted octanol–water partition coefficient (Wildman–Crippen LogP) is 3.09. The predicted molar refractivity (Wildman–Crippen MR) is 92.1 cm³/mol. The van der Waals surface area contributed by atoms with Crippen LogP contribution in [0.15, 0.2) is 48.7 Å². The van der Waals surface area contributed by atoms with E-state index in [4.69, 9.17) is 0 Å². The van der Waals surface area contributed by atoms with E-state index in [9.17, 15) is 22.8 Å². The molecule has 1 saturated heterocycles. The second-order valence-corrected chi connectivity index (χ2v) is 6.20. The van der Waals surface area contributed by atoms with E-state index in [2.05, 4.69) is 4.98 Å². The number of aromatic nitrogens is 1. The van der Waals surface area contributed by atoms with Crippen LogP contribution in [0, 0.1) is 0 Å². The van der Waals surface area contributed by atoms with Crippen LogP contribution in [0.3, 0.4) is 0 Å². The highest BCUT2D eigenvalue weighted by Crippen LogP contribution is 2.32. The zero-order valence-electron chi connectivity index (χ0n) is 14.4. The SMILES string of the molecule is O=C(c1ccccn1)N1CCCN(C(=O)c2ccccc2C(F)(F)F)CC1. The third-order valence-corrected chi connectivity index (χ3v) is 4.42. The average molecular weight is 377 g/mol. The molecule has 1 aromatic heterocycles. The molecule has 142 valence electrons. The van der Waals surface area contributed by atoms with Crippen molar-refractivity contribution in [2.75, 3.05) is 26.2 Å². The third-order valence-electron chi connectivity index (χ3n) is 4.42. The maximum absolute atomic E-state index is 13.2. The van der Waals surface area contributed by atoms with E-state index in [0.29, 0.717) is 18.7 Å². The normalized spacial score (nSPS) is 15.4. The van der Waals surface area contributed by atoms with Gasteiger partial charge in [-0.3, -0.25) is 14.6 Å². The van der Waals surface area contributed by atoms with Gasteiger partial charge in [-0.2, -0.15) is 13.2 Å². The van der Waals surface area contributed by atoms with Gasteiger partial charge in [0.25, 0.3) is 11.8 Å². The van der Waals surface area contributed by atoms with E-state index >= 15 is 0 Å². The summed E-state index contributed by atoms with van der Waals surface area (Å²) in [6.45, 7) is 1.12. The number of hydrogen-bond acceptors (Lipinski definition) is 3. The Morgan fingerprint density at radius 3 is 2.11 bits per heavy atom. The van der Waals surface area contributed by atoms with Crippen LogP contribution >= 0.6 is 0 Å². The summed E-state index contributed by atoms with van der Waals surface area (Å²) in [7, 11) is 0. The molecule has 0 radical (unpaired) electrons. The molecule has 1 aliphatic rings. The summed E-state index contributed by atoms with van der Waals surface area (Å²) in [5.41, 5.74) is -1.00. The molecule has 1 aliphatic heterocycles. The summed E-state index contributed by atoms with van der Waals surface area (Å²) >= 11 is 0. The van der Waals surface area contributed by atoms with Crippen molar-refractivity contribution in [2.24, 2.45) is 0 Å². The molecule has 0 aliphatic carbocycles. The number of pyridine rings is 1. The summed E-state index contributed by atoms with van der Waals surface area (Å²) in [4.78, 5) is 32.1. The minimum atomic E-state index is -4.60. The topological polar surface area (TPSA) is 53.5 Å². The van der Waals surface area contributed by atoms with Gasteiger partial charge in [-0.1, -0.05) is 18.2 Å². The number of carbonyl (C=O) groups is 2. The number of rotatable bonds is 2. The Balaban J connectivity index is 1.74. The van der Waals surface area contributed by atoms with E-state index < -0.39 is 17.6 Å². The molecule has 5 nitrogen and oxygen atoms in total. The molecule has 0 atom stereocenters. The Morgan fingerprint density at radius 1 is 0.852 bits per heavy atom. The first-order valence-corrected chi connectivity index (χ1v) is 8.54. The molecule has 2 amide bonds. The number of carbonyl (C=O) groups excluding carboxylic acids is 2. The van der Waals surface area contributed by atoms with Gasteiger partial charge in [0.2, 0.25) is 0 Å². The third kappa shape index (κ3) is 4.27. The zero-order valence-corrected chi connectivity index (χ0v) is 14.4. The number of amides is 2. The number of nitrogens with zero attached hydrogens (tertiary/aromatic N) is 3.